The molecule has 2 rings (SSSR count). The fourth-order valence-corrected chi connectivity index (χ4v) is 2.49. The van der Waals surface area contributed by atoms with Crippen molar-refractivity contribution in [1.82, 2.24) is 15.5 Å². The fraction of sp³-hybridized carbons (Fsp3) is 0.562. The number of benzene rings is 1. The number of hydrogen-bond donors (Lipinski definition) is 2. The Morgan fingerprint density at radius 2 is 2.05 bits per heavy atom. The third kappa shape index (κ3) is 4.93. The van der Waals surface area contributed by atoms with Gasteiger partial charge >= 0.3 is 0 Å². The lowest BCUT2D eigenvalue weighted by Crippen LogP contribution is -2.48. The minimum absolute atomic E-state index is 0. The number of piperazine rings is 1. The molecule has 4 nitrogen and oxygen atoms in total. The van der Waals surface area contributed by atoms with E-state index < -0.39 is 5.41 Å². The van der Waals surface area contributed by atoms with Gasteiger partial charge in [0.2, 0.25) is 5.91 Å². The second kappa shape index (κ2) is 8.46. The molecule has 0 atom stereocenters. The molecule has 0 unspecified atom stereocenters. The van der Waals surface area contributed by atoms with Gasteiger partial charge in [-0.15, -0.1) is 12.4 Å². The maximum absolute atomic E-state index is 13.3. The largest absolute Gasteiger partial charge is 0.354 e. The molecule has 1 amide bonds. The summed E-state index contributed by atoms with van der Waals surface area (Å²) in [7, 11) is 0. The van der Waals surface area contributed by atoms with Crippen molar-refractivity contribution in [3.8, 4) is 0 Å². The summed E-state index contributed by atoms with van der Waals surface area (Å²) in [6, 6.07) is 6.25. The predicted octanol–water partition coefficient (Wildman–Crippen LogP) is 1.55. The van der Waals surface area contributed by atoms with Crippen LogP contribution in [0.4, 0.5) is 4.39 Å². The topological polar surface area (TPSA) is 44.4 Å². The average Bonchev–Trinajstić information content (AvgIpc) is 2.48. The number of amides is 1. The zero-order chi connectivity index (χ0) is 15.3. The molecule has 0 bridgehead atoms. The van der Waals surface area contributed by atoms with Crippen LogP contribution < -0.4 is 10.6 Å². The lowest BCUT2D eigenvalue weighted by Gasteiger charge is -2.28. The highest BCUT2D eigenvalue weighted by Gasteiger charge is 2.29. The molecule has 1 aliphatic heterocycles. The number of nitrogens with zero attached hydrogens (tertiary/aromatic N) is 1. The Labute approximate surface area is 137 Å². The molecule has 124 valence electrons. The van der Waals surface area contributed by atoms with Crippen LogP contribution in [-0.2, 0) is 10.2 Å². The Hall–Kier alpha value is -1.17. The second-order valence-corrected chi connectivity index (χ2v) is 5.98. The van der Waals surface area contributed by atoms with Crippen LogP contribution in [0.15, 0.2) is 24.3 Å². The van der Waals surface area contributed by atoms with Crippen LogP contribution in [0.25, 0.3) is 0 Å². The van der Waals surface area contributed by atoms with Crippen molar-refractivity contribution in [3.05, 3.63) is 35.6 Å². The lowest BCUT2D eigenvalue weighted by molar-refractivity contribution is -0.125. The van der Waals surface area contributed by atoms with E-state index in [0.717, 1.165) is 32.7 Å². The van der Waals surface area contributed by atoms with Crippen molar-refractivity contribution in [2.45, 2.75) is 19.3 Å². The van der Waals surface area contributed by atoms with E-state index in [1.807, 2.05) is 13.8 Å². The van der Waals surface area contributed by atoms with Crippen molar-refractivity contribution >= 4 is 18.3 Å². The van der Waals surface area contributed by atoms with Gasteiger partial charge in [-0.3, -0.25) is 9.69 Å². The number of halogens is 2. The summed E-state index contributed by atoms with van der Waals surface area (Å²) < 4.78 is 13.3. The van der Waals surface area contributed by atoms with Crippen molar-refractivity contribution < 1.29 is 9.18 Å². The Morgan fingerprint density at radius 3 is 2.68 bits per heavy atom. The van der Waals surface area contributed by atoms with Gasteiger partial charge in [-0.2, -0.15) is 0 Å². The highest BCUT2D eigenvalue weighted by Crippen LogP contribution is 2.23. The first-order chi connectivity index (χ1) is 10.00. The predicted molar refractivity (Wildman–Crippen MR) is 89.0 cm³/mol. The number of rotatable bonds is 5. The number of carbonyl (C=O) groups excluding carboxylic acids is 1. The van der Waals surface area contributed by atoms with Crippen molar-refractivity contribution in [2.75, 3.05) is 39.3 Å². The first-order valence-electron chi connectivity index (χ1n) is 7.47. The summed E-state index contributed by atoms with van der Waals surface area (Å²) in [5.74, 6) is -0.377. The van der Waals surface area contributed by atoms with Gasteiger partial charge in [0.25, 0.3) is 0 Å². The molecule has 2 N–H and O–H groups in total. The van der Waals surface area contributed by atoms with Crippen LogP contribution in [0.1, 0.15) is 19.4 Å². The maximum Gasteiger partial charge on any atom is 0.230 e. The molecule has 1 aromatic carbocycles. The molecule has 0 aromatic heterocycles. The first-order valence-corrected chi connectivity index (χ1v) is 7.47. The van der Waals surface area contributed by atoms with E-state index in [1.165, 1.54) is 12.1 Å². The van der Waals surface area contributed by atoms with Crippen LogP contribution in [0.2, 0.25) is 0 Å². The third-order valence-electron chi connectivity index (χ3n) is 4.04. The summed E-state index contributed by atoms with van der Waals surface area (Å²) in [4.78, 5) is 14.7. The van der Waals surface area contributed by atoms with E-state index in [-0.39, 0.29) is 24.1 Å². The molecule has 0 radical (unpaired) electrons. The Morgan fingerprint density at radius 1 is 1.36 bits per heavy atom. The van der Waals surface area contributed by atoms with Crippen molar-refractivity contribution in [2.24, 2.45) is 0 Å². The third-order valence-corrected chi connectivity index (χ3v) is 4.04. The van der Waals surface area contributed by atoms with Crippen LogP contribution in [0.5, 0.6) is 0 Å². The molecule has 1 aromatic rings. The molecule has 22 heavy (non-hydrogen) atoms. The van der Waals surface area contributed by atoms with Gasteiger partial charge in [-0.25, -0.2) is 4.39 Å². The van der Waals surface area contributed by atoms with Gasteiger partial charge in [0.15, 0.2) is 0 Å². The van der Waals surface area contributed by atoms with E-state index in [9.17, 15) is 9.18 Å². The molecule has 1 heterocycles. The fourth-order valence-electron chi connectivity index (χ4n) is 2.49. The Kier molecular flexibility index (Phi) is 7.26. The minimum atomic E-state index is -0.731. The second-order valence-electron chi connectivity index (χ2n) is 5.98. The average molecular weight is 330 g/mol. The van der Waals surface area contributed by atoms with E-state index in [4.69, 9.17) is 0 Å². The first kappa shape index (κ1) is 18.9. The molecule has 1 aliphatic rings. The molecular weight excluding hydrogens is 305 g/mol. The SMILES string of the molecule is CC(C)(C(=O)NCCN1CCNCC1)c1cccc(F)c1.Cl. The Balaban J connectivity index is 0.00000242. The molecule has 1 fully saturated rings. The number of nitrogens with one attached hydrogen (secondary N) is 2. The van der Waals surface area contributed by atoms with E-state index in [1.54, 1.807) is 12.1 Å². The Bertz CT molecular complexity index is 490. The van der Waals surface area contributed by atoms with Gasteiger partial charge in [0, 0.05) is 39.3 Å². The van der Waals surface area contributed by atoms with E-state index in [2.05, 4.69) is 15.5 Å². The number of hydrogen-bond acceptors (Lipinski definition) is 3. The highest BCUT2D eigenvalue weighted by atomic mass is 35.5. The summed E-state index contributed by atoms with van der Waals surface area (Å²) >= 11 is 0. The molecule has 0 spiro atoms. The lowest BCUT2D eigenvalue weighted by atomic mass is 9.83. The zero-order valence-corrected chi connectivity index (χ0v) is 14.0. The van der Waals surface area contributed by atoms with Crippen molar-refractivity contribution in [1.29, 1.82) is 0 Å². The molecule has 0 saturated carbocycles. The maximum atomic E-state index is 13.3. The van der Waals surface area contributed by atoms with Crippen LogP contribution in [-0.4, -0.2) is 50.1 Å². The van der Waals surface area contributed by atoms with Gasteiger partial charge in [-0.05, 0) is 31.5 Å². The van der Waals surface area contributed by atoms with Crippen LogP contribution in [0.3, 0.4) is 0 Å². The molecule has 1 saturated heterocycles. The van der Waals surface area contributed by atoms with Crippen molar-refractivity contribution in [3.63, 3.8) is 0 Å². The van der Waals surface area contributed by atoms with E-state index in [0.29, 0.717) is 12.1 Å². The minimum Gasteiger partial charge on any atom is -0.354 e. The quantitative estimate of drug-likeness (QED) is 0.861. The zero-order valence-electron chi connectivity index (χ0n) is 13.2. The van der Waals surface area contributed by atoms with Gasteiger partial charge < -0.3 is 10.6 Å². The molecular formula is C16H25ClFN3O. The molecule has 6 heteroatoms. The number of carbonyl (C=O) groups is 1. The summed E-state index contributed by atoms with van der Waals surface area (Å²) in [6.45, 7) is 9.16. The smallest absolute Gasteiger partial charge is 0.230 e. The summed E-state index contributed by atoms with van der Waals surface area (Å²) in [6.07, 6.45) is 0. The van der Waals surface area contributed by atoms with Crippen LogP contribution in [0, 0.1) is 5.82 Å². The summed E-state index contributed by atoms with van der Waals surface area (Å²) in [5.41, 5.74) is -0.0341. The standard InChI is InChI=1S/C16H24FN3O.ClH/c1-16(2,13-4-3-5-14(17)12-13)15(21)19-8-11-20-9-6-18-7-10-20;/h3-5,12,18H,6-11H2,1-2H3,(H,19,21);1H. The normalized spacial score (nSPS) is 16.0. The van der Waals surface area contributed by atoms with Gasteiger partial charge in [-0.1, -0.05) is 12.1 Å². The van der Waals surface area contributed by atoms with Gasteiger partial charge in [0.1, 0.15) is 5.82 Å². The van der Waals surface area contributed by atoms with Crippen LogP contribution >= 0.6 is 12.4 Å². The monoisotopic (exact) mass is 329 g/mol. The summed E-state index contributed by atoms with van der Waals surface area (Å²) in [5, 5.41) is 6.27. The highest BCUT2D eigenvalue weighted by molar-refractivity contribution is 5.87. The van der Waals surface area contributed by atoms with Gasteiger partial charge in [0.05, 0.1) is 5.41 Å². The van der Waals surface area contributed by atoms with E-state index >= 15 is 0 Å². The molecule has 0 aliphatic carbocycles.